The zero-order valence-corrected chi connectivity index (χ0v) is 17.6. The van der Waals surface area contributed by atoms with E-state index in [9.17, 15) is 17.6 Å². The number of nitrogens with one attached hydrogen (secondary N) is 1. The van der Waals surface area contributed by atoms with Crippen LogP contribution in [0.3, 0.4) is 0 Å². The van der Waals surface area contributed by atoms with Gasteiger partial charge in [0, 0.05) is 18.0 Å². The Bertz CT molecular complexity index is 1210. The molecule has 1 N–H and O–H groups in total. The van der Waals surface area contributed by atoms with Crippen molar-refractivity contribution in [3.8, 4) is 0 Å². The first-order valence-corrected chi connectivity index (χ1v) is 11.5. The summed E-state index contributed by atoms with van der Waals surface area (Å²) in [6.07, 6.45) is 5.37. The summed E-state index contributed by atoms with van der Waals surface area (Å²) in [5, 5.41) is 5.49. The third kappa shape index (κ3) is 5.09. The van der Waals surface area contributed by atoms with Crippen molar-refractivity contribution in [2.24, 2.45) is 5.16 Å². The van der Waals surface area contributed by atoms with Gasteiger partial charge in [0.25, 0.3) is 5.91 Å². The van der Waals surface area contributed by atoms with Crippen molar-refractivity contribution in [3.05, 3.63) is 65.4 Å². The summed E-state index contributed by atoms with van der Waals surface area (Å²) in [7, 11) is -3.37. The summed E-state index contributed by atoms with van der Waals surface area (Å²) >= 11 is 0.660. The molecular formula is C19H16FN5O4S2. The zero-order valence-electron chi connectivity index (χ0n) is 15.9. The van der Waals surface area contributed by atoms with E-state index in [1.54, 1.807) is 18.5 Å². The number of nitrogens with zero attached hydrogens (tertiary/aromatic N) is 4. The molecule has 2 aromatic heterocycles. The van der Waals surface area contributed by atoms with E-state index in [0.29, 0.717) is 35.6 Å². The fourth-order valence-corrected chi connectivity index (χ4v) is 4.82. The molecule has 0 saturated heterocycles. The van der Waals surface area contributed by atoms with E-state index in [1.165, 1.54) is 24.3 Å². The van der Waals surface area contributed by atoms with Gasteiger partial charge >= 0.3 is 0 Å². The molecule has 1 fully saturated rings. The maximum atomic E-state index is 13.2. The lowest BCUT2D eigenvalue weighted by Gasteiger charge is -2.08. The Balaban J connectivity index is 1.57. The highest BCUT2D eigenvalue weighted by atomic mass is 32.2. The molecule has 0 spiro atoms. The summed E-state index contributed by atoms with van der Waals surface area (Å²) in [5.41, 5.74) is 0.181. The van der Waals surface area contributed by atoms with Gasteiger partial charge in [-0.2, -0.15) is 4.39 Å². The van der Waals surface area contributed by atoms with Crippen LogP contribution in [0.1, 0.15) is 24.2 Å². The molecule has 0 radical (unpaired) electrons. The standard InChI is InChI=1S/C19H16FN5O4S2/c20-15-10-23-19(30-15)24-18(26)17(25-29-11-16-21-8-1-9-22-16)12-2-4-13(5-3-12)31(27,28)14-6-7-14/h1-5,8-10,14H,6-7,11H2,(H,23,24,26). The minimum absolute atomic E-state index is 0.0505. The molecule has 0 aliphatic heterocycles. The Kier molecular flexibility index (Phi) is 6.00. The van der Waals surface area contributed by atoms with Crippen LogP contribution >= 0.6 is 11.3 Å². The molecule has 1 amide bonds. The van der Waals surface area contributed by atoms with E-state index in [4.69, 9.17) is 4.84 Å². The van der Waals surface area contributed by atoms with E-state index in [1.807, 2.05) is 0 Å². The van der Waals surface area contributed by atoms with Gasteiger partial charge in [-0.3, -0.25) is 10.1 Å². The average molecular weight is 462 g/mol. The van der Waals surface area contributed by atoms with Gasteiger partial charge in [0.2, 0.25) is 0 Å². The molecule has 3 aromatic rings. The molecule has 1 aromatic carbocycles. The number of benzene rings is 1. The van der Waals surface area contributed by atoms with E-state index in [0.717, 1.165) is 6.20 Å². The van der Waals surface area contributed by atoms with Crippen LogP contribution in [-0.2, 0) is 26.1 Å². The number of carbonyl (C=O) groups excluding carboxylic acids is 1. The van der Waals surface area contributed by atoms with Crippen molar-refractivity contribution in [1.29, 1.82) is 0 Å². The van der Waals surface area contributed by atoms with Crippen molar-refractivity contribution in [3.63, 3.8) is 0 Å². The summed E-state index contributed by atoms with van der Waals surface area (Å²) in [6, 6.07) is 7.44. The molecule has 1 aliphatic carbocycles. The number of oxime groups is 1. The van der Waals surface area contributed by atoms with Crippen LogP contribution in [0.4, 0.5) is 9.52 Å². The number of thiazole rings is 1. The van der Waals surface area contributed by atoms with Gasteiger partial charge in [-0.25, -0.2) is 23.4 Å². The second-order valence-electron chi connectivity index (χ2n) is 6.57. The van der Waals surface area contributed by atoms with Crippen molar-refractivity contribution in [2.45, 2.75) is 29.6 Å². The molecule has 1 saturated carbocycles. The Morgan fingerprint density at radius 3 is 2.52 bits per heavy atom. The predicted molar refractivity (Wildman–Crippen MR) is 111 cm³/mol. The van der Waals surface area contributed by atoms with Crippen molar-refractivity contribution < 1.29 is 22.4 Å². The molecule has 0 atom stereocenters. The molecule has 0 bridgehead atoms. The number of hydrogen-bond acceptors (Lipinski definition) is 9. The van der Waals surface area contributed by atoms with Crippen LogP contribution in [0, 0.1) is 5.13 Å². The number of anilines is 1. The van der Waals surface area contributed by atoms with Crippen LogP contribution in [0.5, 0.6) is 0 Å². The van der Waals surface area contributed by atoms with Crippen LogP contribution in [0.2, 0.25) is 0 Å². The topological polar surface area (TPSA) is 124 Å². The zero-order chi connectivity index (χ0) is 21.8. The fraction of sp³-hybridized carbons (Fsp3) is 0.211. The molecule has 9 nitrogen and oxygen atoms in total. The smallest absolute Gasteiger partial charge is 0.280 e. The van der Waals surface area contributed by atoms with Gasteiger partial charge in [0.1, 0.15) is 0 Å². The molecule has 1 aliphatic rings. The monoisotopic (exact) mass is 461 g/mol. The maximum Gasteiger partial charge on any atom is 0.280 e. The van der Waals surface area contributed by atoms with Crippen LogP contribution in [0.25, 0.3) is 0 Å². The average Bonchev–Trinajstić information content (AvgIpc) is 3.56. The first-order chi connectivity index (χ1) is 14.9. The SMILES string of the molecule is O=C(Nc1ncc(F)s1)C(=NOCc1ncccn1)c1ccc(S(=O)(=O)C2CC2)cc1. The third-order valence-corrected chi connectivity index (χ3v) is 7.28. The second-order valence-corrected chi connectivity index (χ2v) is 9.78. The Labute approximate surface area is 180 Å². The van der Waals surface area contributed by atoms with Crippen LogP contribution in [0.15, 0.2) is 59.0 Å². The molecule has 12 heteroatoms. The fourth-order valence-electron chi connectivity index (χ4n) is 2.63. The lowest BCUT2D eigenvalue weighted by atomic mass is 10.1. The quantitative estimate of drug-likeness (QED) is 0.404. The van der Waals surface area contributed by atoms with E-state index < -0.39 is 20.9 Å². The van der Waals surface area contributed by atoms with Crippen molar-refractivity contribution in [1.82, 2.24) is 15.0 Å². The van der Waals surface area contributed by atoms with E-state index in [-0.39, 0.29) is 27.6 Å². The lowest BCUT2D eigenvalue weighted by Crippen LogP contribution is -2.24. The highest BCUT2D eigenvalue weighted by Crippen LogP contribution is 2.33. The molecule has 2 heterocycles. The highest BCUT2D eigenvalue weighted by molar-refractivity contribution is 7.92. The van der Waals surface area contributed by atoms with Gasteiger partial charge in [-0.15, -0.1) is 0 Å². The number of rotatable bonds is 8. The maximum absolute atomic E-state index is 13.2. The molecular weight excluding hydrogens is 445 g/mol. The lowest BCUT2D eigenvalue weighted by molar-refractivity contribution is -0.110. The number of amides is 1. The summed E-state index contributed by atoms with van der Waals surface area (Å²) in [4.78, 5) is 29.9. The van der Waals surface area contributed by atoms with Gasteiger partial charge in [-0.05, 0) is 31.0 Å². The van der Waals surface area contributed by atoms with Gasteiger partial charge < -0.3 is 4.84 Å². The van der Waals surface area contributed by atoms with Crippen LogP contribution < -0.4 is 5.32 Å². The van der Waals surface area contributed by atoms with Crippen molar-refractivity contribution in [2.75, 3.05) is 5.32 Å². The summed E-state index contributed by atoms with van der Waals surface area (Å²) in [6.45, 7) is -0.0857. The Morgan fingerprint density at radius 2 is 1.90 bits per heavy atom. The first kappa shape index (κ1) is 21.0. The molecule has 31 heavy (non-hydrogen) atoms. The van der Waals surface area contributed by atoms with Gasteiger partial charge in [-0.1, -0.05) is 28.6 Å². The highest BCUT2D eigenvalue weighted by Gasteiger charge is 2.36. The van der Waals surface area contributed by atoms with Crippen molar-refractivity contribution >= 4 is 37.9 Å². The van der Waals surface area contributed by atoms with Gasteiger partial charge in [0.05, 0.1) is 16.3 Å². The van der Waals surface area contributed by atoms with E-state index >= 15 is 0 Å². The predicted octanol–water partition coefficient (Wildman–Crippen LogP) is 2.57. The molecule has 160 valence electrons. The Morgan fingerprint density at radius 1 is 1.19 bits per heavy atom. The number of halogens is 1. The number of sulfone groups is 1. The molecule has 0 unspecified atom stereocenters. The number of aromatic nitrogens is 3. The first-order valence-electron chi connectivity index (χ1n) is 9.16. The Hall–Kier alpha value is -3.25. The normalized spacial score (nSPS) is 14.3. The second kappa shape index (κ2) is 8.86. The van der Waals surface area contributed by atoms with Gasteiger partial charge in [0.15, 0.2) is 38.2 Å². The summed E-state index contributed by atoms with van der Waals surface area (Å²) < 4.78 is 38.0. The van der Waals surface area contributed by atoms with E-state index in [2.05, 4.69) is 25.4 Å². The van der Waals surface area contributed by atoms with Crippen LogP contribution in [-0.4, -0.2) is 40.2 Å². The number of hydrogen-bond donors (Lipinski definition) is 1. The summed E-state index contributed by atoms with van der Waals surface area (Å²) in [5.74, 6) is -0.333. The largest absolute Gasteiger partial charge is 0.387 e. The number of carbonyl (C=O) groups is 1. The minimum Gasteiger partial charge on any atom is -0.387 e. The third-order valence-electron chi connectivity index (χ3n) is 4.30. The molecule has 4 rings (SSSR count). The minimum atomic E-state index is -3.37.